The molecule has 1 rings (SSSR count). The van der Waals surface area contributed by atoms with Gasteiger partial charge in [0.05, 0.1) is 0 Å². The van der Waals surface area contributed by atoms with E-state index in [1.165, 1.54) is 6.08 Å². The highest BCUT2D eigenvalue weighted by Crippen LogP contribution is 2.10. The van der Waals surface area contributed by atoms with Crippen LogP contribution in [0.15, 0.2) is 24.3 Å². The molecule has 0 aliphatic carbocycles. The van der Waals surface area contributed by atoms with Gasteiger partial charge in [0.15, 0.2) is 0 Å². The van der Waals surface area contributed by atoms with E-state index < -0.39 is 0 Å². The normalized spacial score (nSPS) is 8.50. The van der Waals surface area contributed by atoms with Crippen molar-refractivity contribution in [2.24, 2.45) is 0 Å². The Kier molecular flexibility index (Phi) is 2.27. The van der Waals surface area contributed by atoms with Crippen LogP contribution in [0.5, 0.6) is 0 Å². The number of halogens is 1. The summed E-state index contributed by atoms with van der Waals surface area (Å²) in [4.78, 5) is 9.86. The van der Waals surface area contributed by atoms with Gasteiger partial charge in [0.25, 0.3) is 0 Å². The van der Waals surface area contributed by atoms with Gasteiger partial charge in [-0.15, -0.1) is 0 Å². The number of rotatable bonds is 1. The molecular weight excluding hydrogens is 148 g/mol. The van der Waals surface area contributed by atoms with Gasteiger partial charge in [-0.2, -0.15) is 0 Å². The lowest BCUT2D eigenvalue weighted by Crippen LogP contribution is -1.69. The van der Waals surface area contributed by atoms with Gasteiger partial charge >= 0.3 is 0 Å². The zero-order valence-corrected chi connectivity index (χ0v) is 5.93. The minimum Gasteiger partial charge on any atom is -0.233 e. The second kappa shape index (κ2) is 3.21. The van der Waals surface area contributed by atoms with Crippen LogP contribution in [0.4, 0.5) is 0 Å². The Balaban J connectivity index is 3.06. The monoisotopic (exact) mass is 152 g/mol. The van der Waals surface area contributed by atoms with Crippen LogP contribution in [0, 0.1) is 0 Å². The zero-order chi connectivity index (χ0) is 7.40. The van der Waals surface area contributed by atoms with Crippen molar-refractivity contribution in [2.45, 2.75) is 0 Å². The van der Waals surface area contributed by atoms with Gasteiger partial charge in [-0.25, -0.2) is 4.79 Å². The molecule has 1 nitrogen and oxygen atoms in total. The van der Waals surface area contributed by atoms with E-state index in [1.807, 2.05) is 0 Å². The summed E-state index contributed by atoms with van der Waals surface area (Å²) < 4.78 is 0. The van der Waals surface area contributed by atoms with Crippen molar-refractivity contribution in [1.82, 2.24) is 0 Å². The van der Waals surface area contributed by atoms with E-state index in [0.717, 1.165) is 5.56 Å². The van der Waals surface area contributed by atoms with E-state index in [1.54, 1.807) is 30.2 Å². The molecule has 50 valence electrons. The van der Waals surface area contributed by atoms with Crippen LogP contribution >= 0.6 is 11.6 Å². The summed E-state index contributed by atoms with van der Waals surface area (Å²) in [5.74, 6) is 1.68. The van der Waals surface area contributed by atoms with Crippen molar-refractivity contribution < 1.29 is 4.79 Å². The smallest absolute Gasteiger partial charge is 0.125 e. The van der Waals surface area contributed by atoms with E-state index >= 15 is 0 Å². The quantitative estimate of drug-likeness (QED) is 0.564. The van der Waals surface area contributed by atoms with Crippen molar-refractivity contribution >= 4 is 23.6 Å². The summed E-state index contributed by atoms with van der Waals surface area (Å²) in [5, 5.41) is 0.629. The third-order valence-corrected chi connectivity index (χ3v) is 1.31. The summed E-state index contributed by atoms with van der Waals surface area (Å²) in [6.07, 6.45) is 1.34. The lowest BCUT2D eigenvalue weighted by atomic mass is 10.2. The van der Waals surface area contributed by atoms with Gasteiger partial charge in [0.1, 0.15) is 5.94 Å². The van der Waals surface area contributed by atoms with Gasteiger partial charge in [0, 0.05) is 11.1 Å². The highest BCUT2D eigenvalue weighted by molar-refractivity contribution is 6.30. The molecule has 0 fully saturated rings. The predicted octanol–water partition coefficient (Wildman–Crippen LogP) is 2.18. The molecule has 0 atom stereocenters. The number of carbonyl (C=O) groups excluding carboxylic acids is 1. The molecule has 0 radical (unpaired) electrons. The fraction of sp³-hybridized carbons (Fsp3) is 0. The average molecular weight is 153 g/mol. The maximum atomic E-state index is 9.86. The molecule has 0 aliphatic rings. The van der Waals surface area contributed by atoms with Gasteiger partial charge in [-0.1, -0.05) is 23.7 Å². The van der Waals surface area contributed by atoms with Crippen molar-refractivity contribution in [3.8, 4) is 0 Å². The fourth-order valence-electron chi connectivity index (χ4n) is 0.664. The van der Waals surface area contributed by atoms with Gasteiger partial charge < -0.3 is 0 Å². The second-order valence-corrected chi connectivity index (χ2v) is 2.25. The highest BCUT2D eigenvalue weighted by Gasteiger charge is 1.87. The molecule has 10 heavy (non-hydrogen) atoms. The van der Waals surface area contributed by atoms with E-state index in [2.05, 4.69) is 0 Å². The van der Waals surface area contributed by atoms with Crippen LogP contribution in [0.25, 0.3) is 6.08 Å². The Morgan fingerprint density at radius 1 is 1.50 bits per heavy atom. The summed E-state index contributed by atoms with van der Waals surface area (Å²) in [6.45, 7) is 0. The van der Waals surface area contributed by atoms with Gasteiger partial charge in [-0.3, -0.25) is 0 Å². The molecule has 1 aromatic carbocycles. The molecule has 0 saturated heterocycles. The molecular formula is C8H5ClO. The first-order chi connectivity index (χ1) is 4.83. The first-order valence-electron chi connectivity index (χ1n) is 2.79. The summed E-state index contributed by atoms with van der Waals surface area (Å²) in [7, 11) is 0. The van der Waals surface area contributed by atoms with E-state index in [9.17, 15) is 4.79 Å². The maximum absolute atomic E-state index is 9.86. The van der Waals surface area contributed by atoms with E-state index in [0.29, 0.717) is 5.02 Å². The molecule has 0 heterocycles. The molecule has 0 bridgehead atoms. The minimum absolute atomic E-state index is 0.629. The third-order valence-electron chi connectivity index (χ3n) is 1.07. The highest BCUT2D eigenvalue weighted by atomic mass is 35.5. The fourth-order valence-corrected chi connectivity index (χ4v) is 0.863. The first-order valence-corrected chi connectivity index (χ1v) is 3.17. The zero-order valence-electron chi connectivity index (χ0n) is 5.17. The van der Waals surface area contributed by atoms with Crippen LogP contribution < -0.4 is 0 Å². The SMILES string of the molecule is O=C=Cc1cccc(Cl)c1. The number of hydrogen-bond donors (Lipinski definition) is 0. The Morgan fingerprint density at radius 2 is 2.30 bits per heavy atom. The molecule has 0 unspecified atom stereocenters. The Hall–Kier alpha value is -1.04. The molecule has 2 heteroatoms. The second-order valence-electron chi connectivity index (χ2n) is 1.82. The summed E-state index contributed by atoms with van der Waals surface area (Å²) >= 11 is 5.63. The van der Waals surface area contributed by atoms with Gasteiger partial charge in [-0.05, 0) is 17.7 Å². The molecule has 0 saturated carbocycles. The van der Waals surface area contributed by atoms with Crippen LogP contribution in [0.3, 0.4) is 0 Å². The van der Waals surface area contributed by atoms with E-state index in [-0.39, 0.29) is 0 Å². The van der Waals surface area contributed by atoms with E-state index in [4.69, 9.17) is 11.6 Å². The number of hydrogen-bond acceptors (Lipinski definition) is 1. The van der Waals surface area contributed by atoms with Crippen LogP contribution in [0.2, 0.25) is 5.02 Å². The van der Waals surface area contributed by atoms with Crippen molar-refractivity contribution in [3.63, 3.8) is 0 Å². The maximum Gasteiger partial charge on any atom is 0.125 e. The van der Waals surface area contributed by atoms with Crippen LogP contribution in [-0.4, -0.2) is 5.94 Å². The standard InChI is InChI=1S/C8H5ClO/c9-8-3-1-2-7(6-8)4-5-10/h1-4,6H. The third kappa shape index (κ3) is 1.73. The molecule has 0 aromatic heterocycles. The van der Waals surface area contributed by atoms with Crippen LogP contribution in [-0.2, 0) is 4.79 Å². The van der Waals surface area contributed by atoms with Crippen LogP contribution in [0.1, 0.15) is 5.56 Å². The predicted molar refractivity (Wildman–Crippen MR) is 41.6 cm³/mol. The molecule has 1 aromatic rings. The van der Waals surface area contributed by atoms with Gasteiger partial charge in [0.2, 0.25) is 0 Å². The molecule has 0 amide bonds. The summed E-state index contributed by atoms with van der Waals surface area (Å²) in [6, 6.07) is 7.03. The largest absolute Gasteiger partial charge is 0.233 e. The molecule has 0 aliphatic heterocycles. The Morgan fingerprint density at radius 3 is 2.90 bits per heavy atom. The molecule has 0 spiro atoms. The average Bonchev–Trinajstić information content (AvgIpc) is 1.88. The van der Waals surface area contributed by atoms with Crippen molar-refractivity contribution in [1.29, 1.82) is 0 Å². The summed E-state index contributed by atoms with van der Waals surface area (Å²) in [5.41, 5.74) is 0.780. The lowest BCUT2D eigenvalue weighted by molar-refractivity contribution is 0.570. The van der Waals surface area contributed by atoms with Crippen molar-refractivity contribution in [2.75, 3.05) is 0 Å². The topological polar surface area (TPSA) is 17.1 Å². The first kappa shape index (κ1) is 7.07. The van der Waals surface area contributed by atoms with Crippen molar-refractivity contribution in [3.05, 3.63) is 34.9 Å². The molecule has 0 N–H and O–H groups in total. The minimum atomic E-state index is 0.629. The number of benzene rings is 1. The Bertz CT molecular complexity index is 274. The Labute approximate surface area is 63.9 Å². The lowest BCUT2D eigenvalue weighted by Gasteiger charge is -1.89.